The predicted molar refractivity (Wildman–Crippen MR) is 119 cm³/mol. The Labute approximate surface area is 170 Å². The Morgan fingerprint density at radius 3 is 1.44 bits per heavy atom. The molecular formula is C24H26Cl2Zr. The minimum atomic E-state index is -4.44. The third-order valence-electron chi connectivity index (χ3n) is 6.72. The van der Waals surface area contributed by atoms with Crippen LogP contribution in [0.4, 0.5) is 0 Å². The van der Waals surface area contributed by atoms with Gasteiger partial charge in [-0.2, -0.15) is 0 Å². The fraction of sp³-hybridized carbons (Fsp3) is 0.292. The van der Waals surface area contributed by atoms with Crippen molar-refractivity contribution in [1.29, 1.82) is 0 Å². The summed E-state index contributed by atoms with van der Waals surface area (Å²) >= 11 is -4.44. The minimum absolute atomic E-state index is 0.107. The number of aryl methyl sites for hydroxylation is 4. The predicted octanol–water partition coefficient (Wildman–Crippen LogP) is 7.58. The van der Waals surface area contributed by atoms with Crippen LogP contribution in [-0.2, 0) is 15.9 Å². The molecule has 2 aliphatic rings. The van der Waals surface area contributed by atoms with Gasteiger partial charge in [-0.3, -0.25) is 0 Å². The third kappa shape index (κ3) is 2.69. The molecule has 2 aliphatic carbocycles. The van der Waals surface area contributed by atoms with Crippen LogP contribution in [0.5, 0.6) is 0 Å². The Morgan fingerprint density at radius 2 is 1.07 bits per heavy atom. The first-order valence-corrected chi connectivity index (χ1v) is 20.2. The third-order valence-corrected chi connectivity index (χ3v) is 25.8. The summed E-state index contributed by atoms with van der Waals surface area (Å²) in [6.07, 6.45) is 9.05. The van der Waals surface area contributed by atoms with Crippen LogP contribution in [0.3, 0.4) is 0 Å². The van der Waals surface area contributed by atoms with E-state index in [1.54, 1.807) is 0 Å². The van der Waals surface area contributed by atoms with Crippen molar-refractivity contribution in [3.05, 3.63) is 80.9 Å². The van der Waals surface area contributed by atoms with Gasteiger partial charge in [0.05, 0.1) is 0 Å². The van der Waals surface area contributed by atoms with Gasteiger partial charge in [0.15, 0.2) is 0 Å². The zero-order valence-corrected chi connectivity index (χ0v) is 20.6. The van der Waals surface area contributed by atoms with Crippen molar-refractivity contribution >= 4 is 32.9 Å². The van der Waals surface area contributed by atoms with Crippen LogP contribution in [-0.4, -0.2) is 3.71 Å². The average Bonchev–Trinajstić information content (AvgIpc) is 3.28. The van der Waals surface area contributed by atoms with Gasteiger partial charge >= 0.3 is 172 Å². The first-order valence-electron chi connectivity index (χ1n) is 9.63. The average molecular weight is 477 g/mol. The first-order chi connectivity index (χ1) is 12.7. The summed E-state index contributed by atoms with van der Waals surface area (Å²) in [6, 6.07) is 8.81. The Hall–Kier alpha value is -0.747. The topological polar surface area (TPSA) is 0 Å². The molecule has 3 heteroatoms. The second-order valence-corrected chi connectivity index (χ2v) is 29.9. The van der Waals surface area contributed by atoms with E-state index < -0.39 is 15.9 Å². The Bertz CT molecular complexity index is 1020. The van der Waals surface area contributed by atoms with Crippen molar-refractivity contribution in [2.24, 2.45) is 0 Å². The number of hydrogen-bond donors (Lipinski definition) is 0. The van der Waals surface area contributed by atoms with Crippen molar-refractivity contribution in [2.45, 2.75) is 41.9 Å². The molecule has 2 atom stereocenters. The molecule has 140 valence electrons. The normalized spacial score (nSPS) is 20.7. The number of halogens is 2. The number of benzene rings is 2. The van der Waals surface area contributed by atoms with Gasteiger partial charge in [-0.15, -0.1) is 0 Å². The summed E-state index contributed by atoms with van der Waals surface area (Å²) in [4.78, 5) is 0. The van der Waals surface area contributed by atoms with Crippen molar-refractivity contribution in [3.63, 3.8) is 0 Å². The van der Waals surface area contributed by atoms with Gasteiger partial charge in [0.1, 0.15) is 0 Å². The SMILES string of the molecule is C[CH]=[Zr]([Cl])([Cl])([CH]1C=Cc2c(C)ccc(C)c21)[CH]1C=Cc2c(C)ccc(C)c21. The number of hydrogen-bond acceptors (Lipinski definition) is 0. The summed E-state index contributed by atoms with van der Waals surface area (Å²) in [5.74, 6) is 0. The zero-order valence-electron chi connectivity index (χ0n) is 16.6. The van der Waals surface area contributed by atoms with Crippen LogP contribution in [0.1, 0.15) is 58.7 Å². The molecule has 2 unspecified atom stereocenters. The molecule has 0 nitrogen and oxygen atoms in total. The van der Waals surface area contributed by atoms with E-state index in [-0.39, 0.29) is 7.25 Å². The summed E-state index contributed by atoms with van der Waals surface area (Å²) in [5.41, 5.74) is 10.5. The van der Waals surface area contributed by atoms with Crippen LogP contribution in [0.15, 0.2) is 36.4 Å². The van der Waals surface area contributed by atoms with E-state index in [9.17, 15) is 0 Å². The molecule has 0 aromatic heterocycles. The fourth-order valence-electron chi connectivity index (χ4n) is 5.03. The van der Waals surface area contributed by atoms with E-state index in [0.717, 1.165) is 0 Å². The maximum atomic E-state index is 7.71. The standard InChI is InChI=1S/2C11H11.C2H4.2ClH.Zr/c2*1-8-6-7-9(2)11-5-3-4-10(8)11;1-2;;;/h2*3-7H,1-2H3;1H,2H3;2*1H;/q;;;;;+2/p-2. The van der Waals surface area contributed by atoms with Crippen LogP contribution in [0.2, 0.25) is 0 Å². The van der Waals surface area contributed by atoms with Gasteiger partial charge in [0, 0.05) is 0 Å². The summed E-state index contributed by atoms with van der Waals surface area (Å²) < 4.78 is 2.42. The number of fused-ring (bicyclic) bond motifs is 2. The van der Waals surface area contributed by atoms with Gasteiger partial charge < -0.3 is 0 Å². The molecule has 0 spiro atoms. The van der Waals surface area contributed by atoms with Crippen molar-refractivity contribution in [2.75, 3.05) is 0 Å². The van der Waals surface area contributed by atoms with Crippen molar-refractivity contribution in [3.8, 4) is 0 Å². The van der Waals surface area contributed by atoms with E-state index in [2.05, 4.69) is 86.9 Å². The molecule has 27 heavy (non-hydrogen) atoms. The first kappa shape index (κ1) is 19.6. The van der Waals surface area contributed by atoms with Gasteiger partial charge in [-0.05, 0) is 0 Å². The Morgan fingerprint density at radius 1 is 0.704 bits per heavy atom. The fourth-order valence-corrected chi connectivity index (χ4v) is 18.9. The van der Waals surface area contributed by atoms with Gasteiger partial charge in [-0.1, -0.05) is 0 Å². The van der Waals surface area contributed by atoms with Crippen molar-refractivity contribution < 1.29 is 15.9 Å². The molecule has 0 saturated carbocycles. The second-order valence-electron chi connectivity index (χ2n) is 8.24. The van der Waals surface area contributed by atoms with E-state index in [1.807, 2.05) is 0 Å². The summed E-state index contributed by atoms with van der Waals surface area (Å²) in [6.45, 7) is 10.8. The van der Waals surface area contributed by atoms with Crippen LogP contribution in [0.25, 0.3) is 12.2 Å². The second kappa shape index (κ2) is 6.38. The molecular weight excluding hydrogens is 450 g/mol. The maximum absolute atomic E-state index is 7.71. The van der Waals surface area contributed by atoms with E-state index >= 15 is 0 Å². The van der Waals surface area contributed by atoms with E-state index in [4.69, 9.17) is 17.0 Å². The van der Waals surface area contributed by atoms with Gasteiger partial charge in [0.2, 0.25) is 0 Å². The van der Waals surface area contributed by atoms with Crippen LogP contribution in [0, 0.1) is 27.7 Å². The summed E-state index contributed by atoms with van der Waals surface area (Å²) in [7, 11) is 15.4. The van der Waals surface area contributed by atoms with Gasteiger partial charge in [-0.25, -0.2) is 0 Å². The number of rotatable bonds is 2. The number of allylic oxidation sites excluding steroid dienone is 2. The van der Waals surface area contributed by atoms with Crippen LogP contribution < -0.4 is 0 Å². The molecule has 2 aromatic carbocycles. The molecule has 0 radical (unpaired) electrons. The summed E-state index contributed by atoms with van der Waals surface area (Å²) in [5, 5.41) is 0. The Kier molecular flexibility index (Phi) is 4.62. The van der Waals surface area contributed by atoms with E-state index in [0.29, 0.717) is 0 Å². The molecule has 0 heterocycles. The zero-order chi connectivity index (χ0) is 19.6. The molecule has 2 aromatic rings. The molecule has 4 rings (SSSR count). The Balaban J connectivity index is 1.98. The van der Waals surface area contributed by atoms with Gasteiger partial charge in [0.25, 0.3) is 0 Å². The van der Waals surface area contributed by atoms with E-state index in [1.165, 1.54) is 44.5 Å². The molecule has 0 fully saturated rings. The molecule has 0 N–H and O–H groups in total. The molecule has 0 saturated heterocycles. The molecule has 0 bridgehead atoms. The monoisotopic (exact) mass is 474 g/mol. The molecule has 0 amide bonds. The van der Waals surface area contributed by atoms with Crippen LogP contribution >= 0.6 is 17.0 Å². The van der Waals surface area contributed by atoms with Crippen molar-refractivity contribution in [1.82, 2.24) is 0 Å². The molecule has 0 aliphatic heterocycles. The quantitative estimate of drug-likeness (QED) is 0.419.